The maximum absolute atomic E-state index is 11.8. The summed E-state index contributed by atoms with van der Waals surface area (Å²) in [4.78, 5) is 0. The lowest BCUT2D eigenvalue weighted by atomic mass is 9.87. The lowest BCUT2D eigenvalue weighted by Crippen LogP contribution is -2.43. The number of hydrogen-bond donors (Lipinski definition) is 2. The largest absolute Gasteiger partial charge is 0.414 e. The molecular weight excluding hydrogens is 161 g/mol. The summed E-state index contributed by atoms with van der Waals surface area (Å²) in [7, 11) is 0. The van der Waals surface area contributed by atoms with Gasteiger partial charge < -0.3 is 10.2 Å². The van der Waals surface area contributed by atoms with Crippen molar-refractivity contribution in [3.05, 3.63) is 0 Å². The van der Waals surface area contributed by atoms with Gasteiger partial charge in [0, 0.05) is 5.41 Å². The summed E-state index contributed by atoms with van der Waals surface area (Å²) >= 11 is 0. The summed E-state index contributed by atoms with van der Waals surface area (Å²) in [5.41, 5.74) is -1.53. The smallest absolute Gasteiger partial charge is 0.396 e. The fraction of sp³-hybridized carbons (Fsp3) is 1.00. The standard InChI is InChI=1S/C6H11F3O2/c1-5(2,3-10)4(11)6(7,8)9/h4,10-11H,3H2,1-2H3. The van der Waals surface area contributed by atoms with Gasteiger partial charge in [-0.1, -0.05) is 13.8 Å². The van der Waals surface area contributed by atoms with Gasteiger partial charge in [0.05, 0.1) is 6.61 Å². The topological polar surface area (TPSA) is 40.5 Å². The van der Waals surface area contributed by atoms with Gasteiger partial charge in [-0.3, -0.25) is 0 Å². The van der Waals surface area contributed by atoms with Gasteiger partial charge in [0.1, 0.15) is 0 Å². The van der Waals surface area contributed by atoms with Gasteiger partial charge in [0.25, 0.3) is 0 Å². The highest BCUT2D eigenvalue weighted by molar-refractivity contribution is 4.82. The third-order valence-electron chi connectivity index (χ3n) is 1.46. The van der Waals surface area contributed by atoms with Gasteiger partial charge in [0.2, 0.25) is 0 Å². The average molecular weight is 172 g/mol. The fourth-order valence-corrected chi connectivity index (χ4v) is 0.530. The summed E-state index contributed by atoms with van der Waals surface area (Å²) in [5.74, 6) is 0. The van der Waals surface area contributed by atoms with Crippen LogP contribution in [-0.2, 0) is 0 Å². The number of alkyl halides is 3. The molecule has 1 unspecified atom stereocenters. The van der Waals surface area contributed by atoms with Gasteiger partial charge >= 0.3 is 6.18 Å². The molecular formula is C6H11F3O2. The second-order valence-corrected chi connectivity index (χ2v) is 3.09. The Morgan fingerprint density at radius 2 is 1.64 bits per heavy atom. The molecule has 0 spiro atoms. The van der Waals surface area contributed by atoms with Crippen LogP contribution in [0.25, 0.3) is 0 Å². The molecule has 0 aromatic heterocycles. The van der Waals surface area contributed by atoms with Crippen molar-refractivity contribution in [2.24, 2.45) is 5.41 Å². The molecule has 0 amide bonds. The van der Waals surface area contributed by atoms with E-state index in [2.05, 4.69) is 0 Å². The molecule has 5 heteroatoms. The highest BCUT2D eigenvalue weighted by atomic mass is 19.4. The van der Waals surface area contributed by atoms with Crippen LogP contribution < -0.4 is 0 Å². The molecule has 0 radical (unpaired) electrons. The highest BCUT2D eigenvalue weighted by Gasteiger charge is 2.47. The van der Waals surface area contributed by atoms with E-state index in [4.69, 9.17) is 10.2 Å². The molecule has 68 valence electrons. The second kappa shape index (κ2) is 2.98. The molecule has 0 saturated heterocycles. The zero-order chi connectivity index (χ0) is 9.28. The van der Waals surface area contributed by atoms with Crippen molar-refractivity contribution < 1.29 is 23.4 Å². The van der Waals surface area contributed by atoms with Crippen molar-refractivity contribution in [2.75, 3.05) is 6.61 Å². The van der Waals surface area contributed by atoms with E-state index in [-0.39, 0.29) is 0 Å². The van der Waals surface area contributed by atoms with E-state index in [1.165, 1.54) is 0 Å². The maximum Gasteiger partial charge on any atom is 0.414 e. The minimum Gasteiger partial charge on any atom is -0.396 e. The van der Waals surface area contributed by atoms with Crippen LogP contribution in [0.15, 0.2) is 0 Å². The molecule has 0 saturated carbocycles. The van der Waals surface area contributed by atoms with Gasteiger partial charge in [-0.15, -0.1) is 0 Å². The molecule has 0 aliphatic heterocycles. The second-order valence-electron chi connectivity index (χ2n) is 3.09. The zero-order valence-corrected chi connectivity index (χ0v) is 6.31. The van der Waals surface area contributed by atoms with Crippen molar-refractivity contribution >= 4 is 0 Å². The van der Waals surface area contributed by atoms with E-state index in [1.54, 1.807) is 0 Å². The van der Waals surface area contributed by atoms with Gasteiger partial charge in [-0.25, -0.2) is 0 Å². The van der Waals surface area contributed by atoms with Gasteiger partial charge in [0.15, 0.2) is 6.10 Å². The van der Waals surface area contributed by atoms with E-state index < -0.39 is 24.3 Å². The molecule has 0 aromatic carbocycles. The van der Waals surface area contributed by atoms with Crippen LogP contribution in [-0.4, -0.2) is 29.1 Å². The van der Waals surface area contributed by atoms with Gasteiger partial charge in [-0.05, 0) is 0 Å². The van der Waals surface area contributed by atoms with Crippen LogP contribution in [0.1, 0.15) is 13.8 Å². The molecule has 0 aliphatic rings. The first kappa shape index (κ1) is 10.7. The summed E-state index contributed by atoms with van der Waals surface area (Å²) < 4.78 is 35.3. The van der Waals surface area contributed by atoms with Crippen molar-refractivity contribution in [1.29, 1.82) is 0 Å². The molecule has 0 heterocycles. The highest BCUT2D eigenvalue weighted by Crippen LogP contribution is 2.32. The Morgan fingerprint density at radius 3 is 1.73 bits per heavy atom. The monoisotopic (exact) mass is 172 g/mol. The van der Waals surface area contributed by atoms with E-state index in [9.17, 15) is 13.2 Å². The van der Waals surface area contributed by atoms with E-state index in [0.29, 0.717) is 0 Å². The first-order chi connectivity index (χ1) is 4.72. The Morgan fingerprint density at radius 1 is 1.27 bits per heavy atom. The molecule has 2 nitrogen and oxygen atoms in total. The van der Waals surface area contributed by atoms with Crippen molar-refractivity contribution in [2.45, 2.75) is 26.1 Å². The van der Waals surface area contributed by atoms with Crippen LogP contribution in [0.2, 0.25) is 0 Å². The minimum atomic E-state index is -4.66. The first-order valence-electron chi connectivity index (χ1n) is 3.07. The van der Waals surface area contributed by atoms with E-state index >= 15 is 0 Å². The van der Waals surface area contributed by atoms with E-state index in [1.807, 2.05) is 0 Å². The Hall–Kier alpha value is -0.290. The lowest BCUT2D eigenvalue weighted by molar-refractivity contribution is -0.238. The van der Waals surface area contributed by atoms with Crippen LogP contribution in [0, 0.1) is 5.41 Å². The van der Waals surface area contributed by atoms with Crippen LogP contribution in [0.3, 0.4) is 0 Å². The predicted octanol–water partition coefficient (Wildman–Crippen LogP) is 0.928. The Bertz CT molecular complexity index is 130. The Labute approximate surface area is 62.6 Å². The third-order valence-corrected chi connectivity index (χ3v) is 1.46. The number of aliphatic hydroxyl groups is 2. The van der Waals surface area contributed by atoms with Crippen molar-refractivity contribution in [3.8, 4) is 0 Å². The predicted molar refractivity (Wildman–Crippen MR) is 32.9 cm³/mol. The number of aliphatic hydroxyl groups excluding tert-OH is 2. The SMILES string of the molecule is CC(C)(CO)C(O)C(F)(F)F. The van der Waals surface area contributed by atoms with Crippen molar-refractivity contribution in [1.82, 2.24) is 0 Å². The molecule has 0 aliphatic carbocycles. The lowest BCUT2D eigenvalue weighted by Gasteiger charge is -2.29. The van der Waals surface area contributed by atoms with Gasteiger partial charge in [-0.2, -0.15) is 13.2 Å². The quantitative estimate of drug-likeness (QED) is 0.650. The summed E-state index contributed by atoms with van der Waals surface area (Å²) in [6.07, 6.45) is -7.13. The number of rotatable bonds is 2. The maximum atomic E-state index is 11.8. The van der Waals surface area contributed by atoms with Crippen molar-refractivity contribution in [3.63, 3.8) is 0 Å². The molecule has 0 bridgehead atoms. The summed E-state index contributed by atoms with van der Waals surface area (Å²) in [6.45, 7) is 1.59. The first-order valence-corrected chi connectivity index (χ1v) is 3.07. The Kier molecular flexibility index (Phi) is 2.91. The average Bonchev–Trinajstić information content (AvgIpc) is 1.84. The zero-order valence-electron chi connectivity index (χ0n) is 6.31. The molecule has 0 rings (SSSR count). The summed E-state index contributed by atoms with van der Waals surface area (Å²) in [5, 5.41) is 17.1. The molecule has 0 fully saturated rings. The molecule has 1 atom stereocenters. The molecule has 11 heavy (non-hydrogen) atoms. The minimum absolute atomic E-state index is 0.701. The Balaban J connectivity index is 4.35. The third kappa shape index (κ3) is 2.67. The fourth-order valence-electron chi connectivity index (χ4n) is 0.530. The van der Waals surface area contributed by atoms with Crippen LogP contribution in [0.4, 0.5) is 13.2 Å². The molecule has 0 aromatic rings. The van der Waals surface area contributed by atoms with E-state index in [0.717, 1.165) is 13.8 Å². The van der Waals surface area contributed by atoms with Crippen LogP contribution in [0.5, 0.6) is 0 Å². The normalized spacial score (nSPS) is 16.6. The molecule has 2 N–H and O–H groups in total. The number of halogens is 3. The van der Waals surface area contributed by atoms with Crippen LogP contribution >= 0.6 is 0 Å². The number of hydrogen-bond acceptors (Lipinski definition) is 2. The summed E-state index contributed by atoms with van der Waals surface area (Å²) in [6, 6.07) is 0.